The summed E-state index contributed by atoms with van der Waals surface area (Å²) in [5.41, 5.74) is 2.91. The number of amides is 1. The summed E-state index contributed by atoms with van der Waals surface area (Å²) in [5.74, 6) is 0.256. The maximum Gasteiger partial charge on any atom is 0.254 e. The van der Waals surface area contributed by atoms with Gasteiger partial charge >= 0.3 is 0 Å². The molecule has 0 spiro atoms. The lowest BCUT2D eigenvalue weighted by Crippen LogP contribution is -2.45. The van der Waals surface area contributed by atoms with E-state index in [2.05, 4.69) is 51.4 Å². The molecular weight excluding hydrogens is 314 g/mol. The van der Waals surface area contributed by atoms with Crippen LogP contribution in [0.5, 0.6) is 0 Å². The normalized spacial score (nSPS) is 16.3. The molecule has 1 aliphatic heterocycles. The van der Waals surface area contributed by atoms with Crippen molar-refractivity contribution >= 4 is 5.91 Å². The van der Waals surface area contributed by atoms with E-state index >= 15 is 0 Å². The van der Waals surface area contributed by atoms with Gasteiger partial charge in [-0.2, -0.15) is 5.10 Å². The van der Waals surface area contributed by atoms with Gasteiger partial charge in [-0.1, -0.05) is 13.8 Å². The Kier molecular flexibility index (Phi) is 5.81. The largest absolute Gasteiger partial charge is 0.349 e. The van der Waals surface area contributed by atoms with E-state index in [9.17, 15) is 4.79 Å². The Labute approximate surface area is 149 Å². The molecular formula is C19H27N5O. The molecule has 2 aromatic heterocycles. The minimum Gasteiger partial charge on any atom is -0.349 e. The third kappa shape index (κ3) is 4.66. The Morgan fingerprint density at radius 3 is 2.72 bits per heavy atom. The zero-order valence-corrected chi connectivity index (χ0v) is 15.0. The van der Waals surface area contributed by atoms with Gasteiger partial charge in [-0.3, -0.25) is 14.9 Å². The number of nitrogens with one attached hydrogen (secondary N) is 2. The van der Waals surface area contributed by atoms with Crippen molar-refractivity contribution in [3.8, 4) is 0 Å². The van der Waals surface area contributed by atoms with Crippen LogP contribution in [0.25, 0.3) is 0 Å². The van der Waals surface area contributed by atoms with Crippen molar-refractivity contribution in [1.29, 1.82) is 0 Å². The summed E-state index contributed by atoms with van der Waals surface area (Å²) in [6, 6.07) is 4.40. The standard InChI is InChI=1S/C19H27N5O/c1-14(2)18-17(13-21-23-18)19(25)22-16-6-11-24(12-7-16)10-5-15-3-8-20-9-4-15/h3-4,8-9,13-14,16H,5-7,10-12H2,1-2H3,(H,21,23)(H,22,25). The predicted octanol–water partition coefficient (Wildman–Crippen LogP) is 2.37. The Balaban J connectivity index is 1.44. The van der Waals surface area contributed by atoms with E-state index < -0.39 is 0 Å². The smallest absolute Gasteiger partial charge is 0.254 e. The number of rotatable bonds is 6. The first-order valence-electron chi connectivity index (χ1n) is 9.09. The Morgan fingerprint density at radius 1 is 1.32 bits per heavy atom. The molecule has 25 heavy (non-hydrogen) atoms. The fourth-order valence-corrected chi connectivity index (χ4v) is 3.32. The number of piperidine rings is 1. The van der Waals surface area contributed by atoms with Crippen LogP contribution in [0, 0.1) is 0 Å². The van der Waals surface area contributed by atoms with E-state index in [0.717, 1.165) is 44.6 Å². The van der Waals surface area contributed by atoms with Crippen molar-refractivity contribution in [2.45, 2.75) is 45.1 Å². The van der Waals surface area contributed by atoms with Gasteiger partial charge < -0.3 is 10.2 Å². The summed E-state index contributed by atoms with van der Waals surface area (Å²) in [6.45, 7) is 7.23. The maximum atomic E-state index is 12.5. The van der Waals surface area contributed by atoms with Crippen molar-refractivity contribution in [2.75, 3.05) is 19.6 Å². The third-order valence-corrected chi connectivity index (χ3v) is 4.88. The topological polar surface area (TPSA) is 73.9 Å². The van der Waals surface area contributed by atoms with Crippen molar-refractivity contribution in [3.63, 3.8) is 0 Å². The summed E-state index contributed by atoms with van der Waals surface area (Å²) in [5, 5.41) is 10.1. The number of likely N-dealkylation sites (tertiary alicyclic amines) is 1. The average Bonchev–Trinajstić information content (AvgIpc) is 3.12. The zero-order valence-electron chi connectivity index (χ0n) is 15.0. The number of hydrogen-bond donors (Lipinski definition) is 2. The predicted molar refractivity (Wildman–Crippen MR) is 97.5 cm³/mol. The molecule has 0 unspecified atom stereocenters. The molecule has 1 fully saturated rings. The summed E-state index contributed by atoms with van der Waals surface area (Å²) in [6.07, 6.45) is 8.37. The molecule has 0 saturated carbocycles. The number of hydrogen-bond acceptors (Lipinski definition) is 4. The van der Waals surface area contributed by atoms with Crippen LogP contribution < -0.4 is 5.32 Å². The molecule has 2 aromatic rings. The van der Waals surface area contributed by atoms with Gasteiger partial charge in [0.1, 0.15) is 0 Å². The van der Waals surface area contributed by atoms with Gasteiger partial charge in [0, 0.05) is 38.1 Å². The van der Waals surface area contributed by atoms with Crippen molar-refractivity contribution < 1.29 is 4.79 Å². The van der Waals surface area contributed by atoms with Gasteiger partial charge in [-0.25, -0.2) is 0 Å². The van der Waals surface area contributed by atoms with Crippen molar-refractivity contribution in [2.24, 2.45) is 0 Å². The van der Waals surface area contributed by atoms with E-state index in [4.69, 9.17) is 0 Å². The van der Waals surface area contributed by atoms with Crippen LogP contribution in [0.1, 0.15) is 54.2 Å². The molecule has 3 heterocycles. The highest BCUT2D eigenvalue weighted by Gasteiger charge is 2.23. The van der Waals surface area contributed by atoms with Gasteiger partial charge in [0.2, 0.25) is 0 Å². The number of pyridine rings is 1. The number of carbonyl (C=O) groups is 1. The number of H-pyrrole nitrogens is 1. The molecule has 0 atom stereocenters. The van der Waals surface area contributed by atoms with Crippen LogP contribution in [0.4, 0.5) is 0 Å². The highest BCUT2D eigenvalue weighted by Crippen LogP contribution is 2.17. The molecule has 0 aromatic carbocycles. The van der Waals surface area contributed by atoms with E-state index in [-0.39, 0.29) is 17.9 Å². The van der Waals surface area contributed by atoms with Crippen molar-refractivity contribution in [3.05, 3.63) is 47.5 Å². The number of nitrogens with zero attached hydrogens (tertiary/aromatic N) is 3. The molecule has 3 rings (SSSR count). The Bertz CT molecular complexity index is 674. The van der Waals surface area contributed by atoms with E-state index in [1.807, 2.05) is 12.4 Å². The average molecular weight is 341 g/mol. The van der Waals surface area contributed by atoms with E-state index in [0.29, 0.717) is 5.56 Å². The van der Waals surface area contributed by atoms with Crippen LogP contribution in [0.2, 0.25) is 0 Å². The molecule has 1 saturated heterocycles. The summed E-state index contributed by atoms with van der Waals surface area (Å²) in [7, 11) is 0. The lowest BCUT2D eigenvalue weighted by molar-refractivity contribution is 0.0910. The first-order valence-corrected chi connectivity index (χ1v) is 9.09. The van der Waals surface area contributed by atoms with Crippen LogP contribution in [-0.2, 0) is 6.42 Å². The SMILES string of the molecule is CC(C)c1[nH]ncc1C(=O)NC1CCN(CCc2ccncc2)CC1. The first kappa shape index (κ1) is 17.6. The van der Waals surface area contributed by atoms with Crippen LogP contribution >= 0.6 is 0 Å². The lowest BCUT2D eigenvalue weighted by Gasteiger charge is -2.32. The Morgan fingerprint density at radius 2 is 2.04 bits per heavy atom. The second-order valence-corrected chi connectivity index (χ2v) is 7.05. The lowest BCUT2D eigenvalue weighted by atomic mass is 10.0. The minimum absolute atomic E-state index is 0.00677. The Hall–Kier alpha value is -2.21. The van der Waals surface area contributed by atoms with Gasteiger partial charge in [0.05, 0.1) is 17.5 Å². The summed E-state index contributed by atoms with van der Waals surface area (Å²) < 4.78 is 0. The highest BCUT2D eigenvalue weighted by atomic mass is 16.1. The molecule has 1 amide bonds. The van der Waals surface area contributed by atoms with Crippen molar-refractivity contribution in [1.82, 2.24) is 25.4 Å². The first-order chi connectivity index (χ1) is 12.1. The maximum absolute atomic E-state index is 12.5. The molecule has 6 nitrogen and oxygen atoms in total. The summed E-state index contributed by atoms with van der Waals surface area (Å²) >= 11 is 0. The van der Waals surface area contributed by atoms with Crippen LogP contribution in [0.3, 0.4) is 0 Å². The fourth-order valence-electron chi connectivity index (χ4n) is 3.32. The quantitative estimate of drug-likeness (QED) is 0.846. The highest BCUT2D eigenvalue weighted by molar-refractivity contribution is 5.95. The second kappa shape index (κ2) is 8.25. The summed E-state index contributed by atoms with van der Waals surface area (Å²) in [4.78, 5) is 19.0. The van der Waals surface area contributed by atoms with E-state index in [1.165, 1.54) is 5.56 Å². The number of aromatic nitrogens is 3. The zero-order chi connectivity index (χ0) is 17.6. The minimum atomic E-state index is -0.00677. The van der Waals surface area contributed by atoms with E-state index in [1.54, 1.807) is 6.20 Å². The van der Waals surface area contributed by atoms with Gasteiger partial charge in [-0.05, 0) is 42.9 Å². The molecule has 0 radical (unpaired) electrons. The monoisotopic (exact) mass is 341 g/mol. The van der Waals surface area contributed by atoms with Crippen LogP contribution in [-0.4, -0.2) is 51.7 Å². The number of carbonyl (C=O) groups excluding carboxylic acids is 1. The molecule has 0 aliphatic carbocycles. The fraction of sp³-hybridized carbons (Fsp3) is 0.526. The molecule has 0 bridgehead atoms. The van der Waals surface area contributed by atoms with Crippen LogP contribution in [0.15, 0.2) is 30.7 Å². The molecule has 2 N–H and O–H groups in total. The second-order valence-electron chi connectivity index (χ2n) is 7.05. The number of aromatic amines is 1. The third-order valence-electron chi connectivity index (χ3n) is 4.88. The van der Waals surface area contributed by atoms with Gasteiger partial charge in [0.25, 0.3) is 5.91 Å². The molecule has 6 heteroatoms. The van der Waals surface area contributed by atoms with Gasteiger partial charge in [0.15, 0.2) is 0 Å². The van der Waals surface area contributed by atoms with Gasteiger partial charge in [-0.15, -0.1) is 0 Å². The molecule has 1 aliphatic rings. The molecule has 134 valence electrons.